The molecule has 0 saturated heterocycles. The lowest BCUT2D eigenvalue weighted by Crippen LogP contribution is -1.83. The molecule has 0 aliphatic heterocycles. The van der Waals surface area contributed by atoms with Crippen LogP contribution in [0.3, 0.4) is 0 Å². The number of benzene rings is 1. The zero-order chi connectivity index (χ0) is 19.3. The molecule has 0 atom stereocenters. The molecule has 0 amide bonds. The van der Waals surface area contributed by atoms with Crippen LogP contribution in [0.5, 0.6) is 0 Å². The van der Waals surface area contributed by atoms with Crippen molar-refractivity contribution in [1.82, 2.24) is 6.15 Å². The van der Waals surface area contributed by atoms with Gasteiger partial charge in [0.15, 0.2) is 0 Å². The lowest BCUT2D eigenvalue weighted by Gasteiger charge is -2.03. The molecule has 1 aromatic rings. The van der Waals surface area contributed by atoms with Gasteiger partial charge >= 0.3 is 0 Å². The smallest absolute Gasteiger partial charge is 0.0395 e. The van der Waals surface area contributed by atoms with Crippen molar-refractivity contribution in [3.05, 3.63) is 35.4 Å². The lowest BCUT2D eigenvalue weighted by atomic mass is 10.0. The van der Waals surface area contributed by atoms with Gasteiger partial charge in [-0.1, -0.05) is 141 Å². The zero-order valence-electron chi connectivity index (χ0n) is 19.7. The summed E-state index contributed by atoms with van der Waals surface area (Å²) in [6.45, 7) is 8.83. The van der Waals surface area contributed by atoms with Crippen LogP contribution in [0.2, 0.25) is 0 Å². The maximum absolute atomic E-state index is 2.29. The first-order valence-electron chi connectivity index (χ1n) is 11.7. The van der Waals surface area contributed by atoms with Crippen LogP contribution in [0, 0.1) is 13.8 Å². The van der Waals surface area contributed by atoms with Gasteiger partial charge in [0.05, 0.1) is 0 Å². The van der Waals surface area contributed by atoms with Crippen LogP contribution in [0.15, 0.2) is 24.3 Å². The highest BCUT2D eigenvalue weighted by molar-refractivity contribution is 5.85. The van der Waals surface area contributed by atoms with E-state index in [9.17, 15) is 0 Å². The molecular formula is C26H52ClN. The third-order valence-corrected chi connectivity index (χ3v) is 5.38. The van der Waals surface area contributed by atoms with Crippen molar-refractivity contribution in [3.8, 4) is 0 Å². The molecule has 0 unspecified atom stereocenters. The molecular weight excluding hydrogens is 362 g/mol. The van der Waals surface area contributed by atoms with Crippen molar-refractivity contribution in [2.45, 2.75) is 130 Å². The van der Waals surface area contributed by atoms with E-state index in [0.29, 0.717) is 0 Å². The number of rotatable bonds is 15. The highest BCUT2D eigenvalue weighted by atomic mass is 35.5. The van der Waals surface area contributed by atoms with E-state index >= 15 is 0 Å². The Labute approximate surface area is 184 Å². The third kappa shape index (κ3) is 23.5. The van der Waals surface area contributed by atoms with Crippen molar-refractivity contribution >= 4 is 12.4 Å². The van der Waals surface area contributed by atoms with Crippen LogP contribution in [0.4, 0.5) is 0 Å². The summed E-state index contributed by atoms with van der Waals surface area (Å²) in [6, 6.07) is 8.36. The van der Waals surface area contributed by atoms with Crippen molar-refractivity contribution in [2.75, 3.05) is 0 Å². The van der Waals surface area contributed by atoms with E-state index in [1.54, 1.807) is 0 Å². The molecule has 0 aliphatic carbocycles. The van der Waals surface area contributed by atoms with Gasteiger partial charge in [-0.3, -0.25) is 0 Å². The van der Waals surface area contributed by atoms with Gasteiger partial charge in [0.2, 0.25) is 0 Å². The normalized spacial score (nSPS) is 9.71. The average molecular weight is 414 g/mol. The van der Waals surface area contributed by atoms with Crippen molar-refractivity contribution in [2.24, 2.45) is 0 Å². The van der Waals surface area contributed by atoms with Gasteiger partial charge in [0, 0.05) is 0 Å². The molecule has 1 nitrogen and oxygen atoms in total. The summed E-state index contributed by atoms with van der Waals surface area (Å²) in [6.07, 6.45) is 23.4. The van der Waals surface area contributed by atoms with Crippen molar-refractivity contribution < 1.29 is 0 Å². The van der Waals surface area contributed by atoms with Crippen LogP contribution < -0.4 is 6.15 Å². The van der Waals surface area contributed by atoms with Gasteiger partial charge < -0.3 is 6.15 Å². The van der Waals surface area contributed by atoms with Gasteiger partial charge in [0.1, 0.15) is 0 Å². The first kappa shape index (κ1) is 32.1. The first-order valence-corrected chi connectivity index (χ1v) is 11.7. The zero-order valence-corrected chi connectivity index (χ0v) is 20.6. The Bertz CT molecular complexity index is 355. The fourth-order valence-corrected chi connectivity index (χ4v) is 3.28. The second kappa shape index (κ2) is 26.5. The molecule has 28 heavy (non-hydrogen) atoms. The van der Waals surface area contributed by atoms with Gasteiger partial charge in [-0.2, -0.15) is 0 Å². The van der Waals surface area contributed by atoms with Crippen molar-refractivity contribution in [3.63, 3.8) is 0 Å². The fourth-order valence-electron chi connectivity index (χ4n) is 3.28. The van der Waals surface area contributed by atoms with Gasteiger partial charge in [-0.05, 0) is 25.0 Å². The Morgan fingerprint density at radius 1 is 0.464 bits per heavy atom. The second-order valence-corrected chi connectivity index (χ2v) is 8.03. The van der Waals surface area contributed by atoms with Crippen LogP contribution in [0.1, 0.15) is 128 Å². The second-order valence-electron chi connectivity index (χ2n) is 8.03. The van der Waals surface area contributed by atoms with Crippen LogP contribution in [0.25, 0.3) is 0 Å². The molecule has 1 rings (SSSR count). The Kier molecular flexibility index (Phi) is 30.4. The van der Waals surface area contributed by atoms with Gasteiger partial charge in [-0.15, -0.1) is 12.4 Å². The molecule has 2 heteroatoms. The number of hydrogen-bond acceptors (Lipinski definition) is 1. The summed E-state index contributed by atoms with van der Waals surface area (Å²) in [5, 5.41) is 0. The topological polar surface area (TPSA) is 35.0 Å². The molecule has 0 aromatic heterocycles. The van der Waals surface area contributed by atoms with Crippen LogP contribution in [-0.4, -0.2) is 0 Å². The van der Waals surface area contributed by atoms with Crippen LogP contribution >= 0.6 is 12.4 Å². The van der Waals surface area contributed by atoms with E-state index in [1.807, 2.05) is 0 Å². The quantitative estimate of drug-likeness (QED) is 0.285. The number of unbranched alkanes of at least 4 members (excludes halogenated alkanes) is 15. The molecule has 3 N–H and O–H groups in total. The maximum atomic E-state index is 2.29. The fraction of sp³-hybridized carbons (Fsp3) is 0.769. The first-order chi connectivity index (χ1) is 12.7. The highest BCUT2D eigenvalue weighted by Gasteiger charge is 1.93. The third-order valence-electron chi connectivity index (χ3n) is 5.38. The molecule has 0 spiro atoms. The minimum atomic E-state index is 0. The number of halogens is 1. The Hall–Kier alpha value is -0.530. The minimum absolute atomic E-state index is 0. The molecule has 0 heterocycles. The average Bonchev–Trinajstić information content (AvgIpc) is 2.65. The van der Waals surface area contributed by atoms with Crippen LogP contribution in [-0.2, 0) is 0 Å². The summed E-state index contributed by atoms with van der Waals surface area (Å²) in [7, 11) is 0. The monoisotopic (exact) mass is 413 g/mol. The summed E-state index contributed by atoms with van der Waals surface area (Å²) >= 11 is 0. The molecule has 1 aromatic carbocycles. The SMILES string of the molecule is CCCCCCCCCCCCCCCCCC.Cc1ccccc1C.Cl.N. The number of hydrogen-bond donors (Lipinski definition) is 1. The maximum Gasteiger partial charge on any atom is -0.0395 e. The standard InChI is InChI=1S/C18H38.C8H10.ClH.H3N/c1-3-5-7-9-11-13-15-17-18-16-14-12-10-8-6-4-2;1-7-5-3-4-6-8(7)2;;/h3-18H2,1-2H3;3-6H,1-2H3;1H;1H3. The van der Waals surface area contributed by atoms with E-state index in [-0.39, 0.29) is 18.6 Å². The Morgan fingerprint density at radius 2 is 0.679 bits per heavy atom. The molecule has 0 saturated carbocycles. The summed E-state index contributed by atoms with van der Waals surface area (Å²) in [4.78, 5) is 0. The molecule has 0 bridgehead atoms. The summed E-state index contributed by atoms with van der Waals surface area (Å²) in [5.41, 5.74) is 2.74. The van der Waals surface area contributed by atoms with E-state index in [1.165, 1.54) is 114 Å². The minimum Gasteiger partial charge on any atom is -0.344 e. The summed E-state index contributed by atoms with van der Waals surface area (Å²) in [5.74, 6) is 0. The van der Waals surface area contributed by atoms with E-state index in [0.717, 1.165) is 0 Å². The van der Waals surface area contributed by atoms with E-state index in [4.69, 9.17) is 0 Å². The van der Waals surface area contributed by atoms with E-state index < -0.39 is 0 Å². The van der Waals surface area contributed by atoms with Gasteiger partial charge in [0.25, 0.3) is 0 Å². The molecule has 0 radical (unpaired) electrons. The highest BCUT2D eigenvalue weighted by Crippen LogP contribution is 2.13. The lowest BCUT2D eigenvalue weighted by molar-refractivity contribution is 0.531. The summed E-state index contributed by atoms with van der Waals surface area (Å²) < 4.78 is 0. The predicted octanol–water partition coefficient (Wildman–Crippen LogP) is 10.2. The Morgan fingerprint density at radius 3 is 0.857 bits per heavy atom. The van der Waals surface area contributed by atoms with Gasteiger partial charge in [-0.25, -0.2) is 0 Å². The largest absolute Gasteiger partial charge is 0.344 e. The van der Waals surface area contributed by atoms with Crippen molar-refractivity contribution in [1.29, 1.82) is 0 Å². The molecule has 0 fully saturated rings. The Balaban J connectivity index is -0.000000525. The molecule has 0 aliphatic rings. The van der Waals surface area contributed by atoms with E-state index in [2.05, 4.69) is 52.0 Å². The number of aryl methyl sites for hydroxylation is 2. The predicted molar refractivity (Wildman–Crippen MR) is 133 cm³/mol. The molecule has 168 valence electrons.